The Bertz CT molecular complexity index is 405. The summed E-state index contributed by atoms with van der Waals surface area (Å²) >= 11 is 1.22. The van der Waals surface area contributed by atoms with Crippen molar-refractivity contribution in [1.82, 2.24) is 15.2 Å². The number of urea groups is 1. The van der Waals surface area contributed by atoms with Crippen LogP contribution in [0.2, 0.25) is 0 Å². The van der Waals surface area contributed by atoms with Crippen LogP contribution in [0.15, 0.2) is 5.38 Å². The molecule has 0 aliphatic rings. The van der Waals surface area contributed by atoms with Crippen molar-refractivity contribution in [3.63, 3.8) is 0 Å². The Balaban J connectivity index is 2.44. The Morgan fingerprint density at radius 1 is 1.59 bits per heavy atom. The van der Waals surface area contributed by atoms with Crippen LogP contribution in [0, 0.1) is 0 Å². The van der Waals surface area contributed by atoms with Crippen LogP contribution >= 0.6 is 11.3 Å². The number of amides is 2. The van der Waals surface area contributed by atoms with Gasteiger partial charge in [-0.3, -0.25) is 0 Å². The van der Waals surface area contributed by atoms with Gasteiger partial charge in [0.2, 0.25) is 0 Å². The summed E-state index contributed by atoms with van der Waals surface area (Å²) in [6.07, 6.45) is 0.893. The van der Waals surface area contributed by atoms with E-state index in [2.05, 4.69) is 10.3 Å². The SMILES string of the molecule is CCCN(C)C(=O)NCc1nc(C(=O)O)cs1. The number of carbonyl (C=O) groups is 2. The number of rotatable bonds is 5. The summed E-state index contributed by atoms with van der Waals surface area (Å²) in [6.45, 7) is 2.93. The number of hydrogen-bond donors (Lipinski definition) is 2. The van der Waals surface area contributed by atoms with Gasteiger partial charge in [0.25, 0.3) is 0 Å². The normalized spacial score (nSPS) is 10.0. The van der Waals surface area contributed by atoms with Gasteiger partial charge in [-0.15, -0.1) is 11.3 Å². The third-order valence-electron chi connectivity index (χ3n) is 2.07. The van der Waals surface area contributed by atoms with Crippen molar-refractivity contribution in [3.05, 3.63) is 16.1 Å². The molecule has 0 aromatic carbocycles. The molecule has 0 aliphatic heterocycles. The molecule has 6 nitrogen and oxygen atoms in total. The fourth-order valence-corrected chi connectivity index (χ4v) is 1.92. The van der Waals surface area contributed by atoms with Crippen LogP contribution in [0.1, 0.15) is 28.8 Å². The lowest BCUT2D eigenvalue weighted by atomic mass is 10.4. The molecule has 0 radical (unpaired) electrons. The number of carboxylic acids is 1. The van der Waals surface area contributed by atoms with Gasteiger partial charge in [-0.05, 0) is 6.42 Å². The topological polar surface area (TPSA) is 82.5 Å². The molecule has 1 aromatic heterocycles. The molecule has 0 atom stereocenters. The summed E-state index contributed by atoms with van der Waals surface area (Å²) in [4.78, 5) is 27.6. The molecule has 2 N–H and O–H groups in total. The largest absolute Gasteiger partial charge is 0.476 e. The molecule has 0 saturated carbocycles. The van der Waals surface area contributed by atoms with Gasteiger partial charge < -0.3 is 15.3 Å². The number of carboxylic acid groups (broad SMARTS) is 1. The zero-order valence-corrected chi connectivity index (χ0v) is 10.6. The fourth-order valence-electron chi connectivity index (χ4n) is 1.21. The highest BCUT2D eigenvalue weighted by molar-refractivity contribution is 7.09. The number of aromatic nitrogens is 1. The molecule has 0 aliphatic carbocycles. The lowest BCUT2D eigenvalue weighted by Crippen LogP contribution is -2.37. The maximum atomic E-state index is 11.5. The van der Waals surface area contributed by atoms with Crippen molar-refractivity contribution < 1.29 is 14.7 Å². The van der Waals surface area contributed by atoms with Gasteiger partial charge in [-0.1, -0.05) is 6.92 Å². The molecule has 7 heteroatoms. The summed E-state index contributed by atoms with van der Waals surface area (Å²) in [5.41, 5.74) is 0.0150. The highest BCUT2D eigenvalue weighted by Gasteiger charge is 2.10. The molecule has 0 saturated heterocycles. The maximum absolute atomic E-state index is 11.5. The van der Waals surface area contributed by atoms with E-state index in [1.165, 1.54) is 16.7 Å². The van der Waals surface area contributed by atoms with Gasteiger partial charge in [0.15, 0.2) is 5.69 Å². The van der Waals surface area contributed by atoms with Crippen LogP contribution in [-0.2, 0) is 6.54 Å². The minimum atomic E-state index is -1.05. The van der Waals surface area contributed by atoms with Gasteiger partial charge in [0.1, 0.15) is 5.01 Å². The lowest BCUT2D eigenvalue weighted by molar-refractivity contribution is 0.0691. The molecular weight excluding hydrogens is 242 g/mol. The van der Waals surface area contributed by atoms with Gasteiger partial charge in [0.05, 0.1) is 6.54 Å². The molecule has 1 rings (SSSR count). The number of aromatic carboxylic acids is 1. The van der Waals surface area contributed by atoms with E-state index >= 15 is 0 Å². The first-order valence-corrected chi connectivity index (χ1v) is 6.09. The number of carbonyl (C=O) groups excluding carboxylic acids is 1. The molecule has 0 spiro atoms. The van der Waals surface area contributed by atoms with Crippen LogP contribution in [0.5, 0.6) is 0 Å². The van der Waals surface area contributed by atoms with E-state index in [9.17, 15) is 9.59 Å². The number of hydrogen-bond acceptors (Lipinski definition) is 4. The van der Waals surface area contributed by atoms with E-state index in [1.807, 2.05) is 6.92 Å². The summed E-state index contributed by atoms with van der Waals surface area (Å²) in [6, 6.07) is -0.182. The zero-order valence-electron chi connectivity index (χ0n) is 9.77. The Morgan fingerprint density at radius 2 is 2.29 bits per heavy atom. The smallest absolute Gasteiger partial charge is 0.355 e. The zero-order chi connectivity index (χ0) is 12.8. The summed E-state index contributed by atoms with van der Waals surface area (Å²) in [5.74, 6) is -1.05. The van der Waals surface area contributed by atoms with E-state index in [0.717, 1.165) is 6.42 Å². The standard InChI is InChI=1S/C10H15N3O3S/c1-3-4-13(2)10(16)11-5-8-12-7(6-17-8)9(14)15/h6H,3-5H2,1-2H3,(H,11,16)(H,14,15). The van der Waals surface area contributed by atoms with Gasteiger partial charge in [-0.2, -0.15) is 0 Å². The summed E-state index contributed by atoms with van der Waals surface area (Å²) < 4.78 is 0. The predicted octanol–water partition coefficient (Wildman–Crippen LogP) is 1.39. The number of nitrogens with one attached hydrogen (secondary N) is 1. The van der Waals surface area contributed by atoms with Crippen LogP contribution in [0.4, 0.5) is 4.79 Å². The minimum Gasteiger partial charge on any atom is -0.476 e. The molecule has 0 bridgehead atoms. The van der Waals surface area contributed by atoms with Crippen LogP contribution < -0.4 is 5.32 Å². The van der Waals surface area contributed by atoms with E-state index in [4.69, 9.17) is 5.11 Å². The summed E-state index contributed by atoms with van der Waals surface area (Å²) in [5, 5.41) is 13.4. The first-order chi connectivity index (χ1) is 8.04. The molecule has 17 heavy (non-hydrogen) atoms. The van der Waals surface area contributed by atoms with E-state index in [1.54, 1.807) is 11.9 Å². The second kappa shape index (κ2) is 6.19. The average molecular weight is 257 g/mol. The van der Waals surface area contributed by atoms with E-state index in [0.29, 0.717) is 11.6 Å². The third kappa shape index (κ3) is 4.03. The minimum absolute atomic E-state index is 0.0150. The van der Waals surface area contributed by atoms with Crippen LogP contribution in [-0.4, -0.2) is 40.6 Å². The van der Waals surface area contributed by atoms with E-state index < -0.39 is 5.97 Å². The van der Waals surface area contributed by atoms with Crippen molar-refractivity contribution >= 4 is 23.3 Å². The van der Waals surface area contributed by atoms with Crippen molar-refractivity contribution in [1.29, 1.82) is 0 Å². The lowest BCUT2D eigenvalue weighted by Gasteiger charge is -2.16. The van der Waals surface area contributed by atoms with Crippen molar-refractivity contribution in [2.24, 2.45) is 0 Å². The third-order valence-corrected chi connectivity index (χ3v) is 2.92. The molecule has 94 valence electrons. The number of nitrogens with zero attached hydrogens (tertiary/aromatic N) is 2. The Morgan fingerprint density at radius 3 is 2.82 bits per heavy atom. The second-order valence-electron chi connectivity index (χ2n) is 3.51. The monoisotopic (exact) mass is 257 g/mol. The second-order valence-corrected chi connectivity index (χ2v) is 4.45. The van der Waals surface area contributed by atoms with Crippen LogP contribution in [0.3, 0.4) is 0 Å². The summed E-state index contributed by atoms with van der Waals surface area (Å²) in [7, 11) is 1.71. The van der Waals surface area contributed by atoms with Gasteiger partial charge in [0, 0.05) is 19.0 Å². The van der Waals surface area contributed by atoms with Crippen LogP contribution in [0.25, 0.3) is 0 Å². The highest BCUT2D eigenvalue weighted by Crippen LogP contribution is 2.09. The Kier molecular flexibility index (Phi) is 4.89. The van der Waals surface area contributed by atoms with Gasteiger partial charge in [-0.25, -0.2) is 14.6 Å². The maximum Gasteiger partial charge on any atom is 0.355 e. The molecule has 1 aromatic rings. The van der Waals surface area contributed by atoms with E-state index in [-0.39, 0.29) is 18.3 Å². The molecule has 1 heterocycles. The van der Waals surface area contributed by atoms with Crippen molar-refractivity contribution in [3.8, 4) is 0 Å². The average Bonchev–Trinajstić information content (AvgIpc) is 2.75. The fraction of sp³-hybridized carbons (Fsp3) is 0.500. The quantitative estimate of drug-likeness (QED) is 0.835. The first-order valence-electron chi connectivity index (χ1n) is 5.21. The Hall–Kier alpha value is -1.63. The Labute approximate surface area is 103 Å². The molecule has 0 fully saturated rings. The number of thiazole rings is 1. The first kappa shape index (κ1) is 13.4. The van der Waals surface area contributed by atoms with Crippen molar-refractivity contribution in [2.45, 2.75) is 19.9 Å². The molecular formula is C10H15N3O3S. The molecule has 0 unspecified atom stereocenters. The highest BCUT2D eigenvalue weighted by atomic mass is 32.1. The van der Waals surface area contributed by atoms with Gasteiger partial charge >= 0.3 is 12.0 Å². The molecule has 2 amide bonds. The predicted molar refractivity (Wildman–Crippen MR) is 64.2 cm³/mol. The van der Waals surface area contributed by atoms with Crippen molar-refractivity contribution in [2.75, 3.05) is 13.6 Å².